The molecular formula is C18H22F2N2O3. The van der Waals surface area contributed by atoms with Gasteiger partial charge in [0.2, 0.25) is 5.91 Å². The monoisotopic (exact) mass is 352 g/mol. The number of carbonyl (C=O) groups is 3. The molecule has 2 N–H and O–H groups in total. The van der Waals surface area contributed by atoms with E-state index in [0.29, 0.717) is 44.1 Å². The fourth-order valence-electron chi connectivity index (χ4n) is 2.99. The first-order valence-corrected chi connectivity index (χ1v) is 8.47. The number of amides is 2. The maximum atomic E-state index is 13.6. The Labute approximate surface area is 145 Å². The Bertz CT molecular complexity index is 637. The topological polar surface area (TPSA) is 75.3 Å². The molecule has 1 fully saturated rings. The molecule has 0 spiro atoms. The van der Waals surface area contributed by atoms with Crippen molar-refractivity contribution < 1.29 is 23.2 Å². The van der Waals surface area contributed by atoms with Crippen LogP contribution >= 0.6 is 0 Å². The zero-order chi connectivity index (χ0) is 18.2. The summed E-state index contributed by atoms with van der Waals surface area (Å²) in [4.78, 5) is 34.4. The van der Waals surface area contributed by atoms with Crippen LogP contribution in [-0.4, -0.2) is 30.7 Å². The van der Waals surface area contributed by atoms with Gasteiger partial charge in [0.1, 0.15) is 17.9 Å². The van der Waals surface area contributed by atoms with E-state index in [9.17, 15) is 23.2 Å². The summed E-state index contributed by atoms with van der Waals surface area (Å²) in [6.45, 7) is 0.708. The molecule has 1 aromatic carbocycles. The van der Waals surface area contributed by atoms with Crippen LogP contribution in [0.2, 0.25) is 0 Å². The van der Waals surface area contributed by atoms with Gasteiger partial charge < -0.3 is 15.4 Å². The van der Waals surface area contributed by atoms with Gasteiger partial charge in [0.05, 0.1) is 11.6 Å². The Kier molecular flexibility index (Phi) is 7.03. The number of hydrogen-bond acceptors (Lipinski definition) is 3. The maximum Gasteiger partial charge on any atom is 0.254 e. The first-order valence-electron chi connectivity index (χ1n) is 8.47. The largest absolute Gasteiger partial charge is 0.356 e. The minimum Gasteiger partial charge on any atom is -0.356 e. The summed E-state index contributed by atoms with van der Waals surface area (Å²) in [5, 5.41) is 5.24. The lowest BCUT2D eigenvalue weighted by molar-refractivity contribution is -0.123. The molecule has 5 nitrogen and oxygen atoms in total. The summed E-state index contributed by atoms with van der Waals surface area (Å²) < 4.78 is 26.4. The highest BCUT2D eigenvalue weighted by molar-refractivity contribution is 5.95. The van der Waals surface area contributed by atoms with Gasteiger partial charge in [-0.15, -0.1) is 0 Å². The van der Waals surface area contributed by atoms with Crippen molar-refractivity contribution in [2.24, 2.45) is 5.92 Å². The number of unbranched alkanes of at least 4 members (excludes halogenated alkanes) is 1. The molecule has 1 aliphatic heterocycles. The lowest BCUT2D eigenvalue weighted by Crippen LogP contribution is -2.36. The summed E-state index contributed by atoms with van der Waals surface area (Å²) in [6.07, 6.45) is 5.03. The molecule has 25 heavy (non-hydrogen) atoms. The van der Waals surface area contributed by atoms with Gasteiger partial charge in [0, 0.05) is 19.0 Å². The second-order valence-corrected chi connectivity index (χ2v) is 6.33. The average molecular weight is 352 g/mol. The number of piperidine rings is 1. The van der Waals surface area contributed by atoms with Gasteiger partial charge in [-0.25, -0.2) is 8.78 Å². The van der Waals surface area contributed by atoms with E-state index in [-0.39, 0.29) is 11.5 Å². The van der Waals surface area contributed by atoms with Crippen LogP contribution < -0.4 is 10.6 Å². The van der Waals surface area contributed by atoms with E-state index in [2.05, 4.69) is 10.6 Å². The van der Waals surface area contributed by atoms with Crippen molar-refractivity contribution in [3.05, 3.63) is 35.4 Å². The number of halogens is 2. The van der Waals surface area contributed by atoms with E-state index in [1.807, 2.05) is 0 Å². The molecule has 1 saturated heterocycles. The van der Waals surface area contributed by atoms with Crippen LogP contribution in [-0.2, 0) is 9.59 Å². The highest BCUT2D eigenvalue weighted by Crippen LogP contribution is 2.20. The number of aldehydes is 1. The lowest BCUT2D eigenvalue weighted by Gasteiger charge is -2.22. The number of hydrogen-bond donors (Lipinski definition) is 2. The van der Waals surface area contributed by atoms with Crippen molar-refractivity contribution in [1.82, 2.24) is 10.6 Å². The number of rotatable bonds is 8. The average Bonchev–Trinajstić information content (AvgIpc) is 2.57. The number of nitrogens with one attached hydrogen (secondary N) is 2. The third kappa shape index (κ3) is 5.92. The van der Waals surface area contributed by atoms with Crippen molar-refractivity contribution in [1.29, 1.82) is 0 Å². The van der Waals surface area contributed by atoms with Crippen LogP contribution in [0.4, 0.5) is 8.78 Å². The van der Waals surface area contributed by atoms with Crippen molar-refractivity contribution in [2.45, 2.75) is 44.6 Å². The number of benzene rings is 1. The molecule has 0 aliphatic carbocycles. The highest BCUT2D eigenvalue weighted by Gasteiger charge is 2.19. The standard InChI is InChI=1S/C18H22F2N2O3/c19-13-5-6-15(16(20)10-13)18(25)22-14(11-23)4-2-1-3-12-7-8-21-17(24)9-12/h5-6,10-12,14H,1-4,7-9H2,(H,21,24)(H,22,25)/t12-,14-/m0/s1. The lowest BCUT2D eigenvalue weighted by atomic mass is 9.91. The van der Waals surface area contributed by atoms with Gasteiger partial charge in [0.15, 0.2) is 0 Å². The van der Waals surface area contributed by atoms with Gasteiger partial charge in [-0.1, -0.05) is 12.8 Å². The van der Waals surface area contributed by atoms with Crippen molar-refractivity contribution in [3.63, 3.8) is 0 Å². The molecule has 0 unspecified atom stereocenters. The molecule has 0 bridgehead atoms. The molecule has 136 valence electrons. The van der Waals surface area contributed by atoms with E-state index in [1.54, 1.807) is 0 Å². The SMILES string of the molecule is O=C[C@H](CCCC[C@H]1CCNC(=O)C1)NC(=O)c1ccc(F)cc1F. The fraction of sp³-hybridized carbons (Fsp3) is 0.500. The smallest absolute Gasteiger partial charge is 0.254 e. The second-order valence-electron chi connectivity index (χ2n) is 6.33. The minimum absolute atomic E-state index is 0.0793. The molecule has 2 amide bonds. The Morgan fingerprint density at radius 3 is 2.84 bits per heavy atom. The molecule has 1 aromatic rings. The van der Waals surface area contributed by atoms with Crippen LogP contribution in [0.1, 0.15) is 48.9 Å². The Morgan fingerprint density at radius 2 is 2.16 bits per heavy atom. The molecule has 1 aliphatic rings. The van der Waals surface area contributed by atoms with E-state index in [0.717, 1.165) is 31.4 Å². The Hall–Kier alpha value is -2.31. The van der Waals surface area contributed by atoms with Crippen molar-refractivity contribution >= 4 is 18.1 Å². The molecular weight excluding hydrogens is 330 g/mol. The van der Waals surface area contributed by atoms with E-state index in [1.165, 1.54) is 0 Å². The first-order chi connectivity index (χ1) is 12.0. The Morgan fingerprint density at radius 1 is 1.36 bits per heavy atom. The van der Waals surface area contributed by atoms with Crippen LogP contribution in [0.5, 0.6) is 0 Å². The van der Waals surface area contributed by atoms with Crippen LogP contribution in [0.25, 0.3) is 0 Å². The van der Waals surface area contributed by atoms with Crippen LogP contribution in [0.15, 0.2) is 18.2 Å². The Balaban J connectivity index is 1.75. The van der Waals surface area contributed by atoms with Gasteiger partial charge >= 0.3 is 0 Å². The van der Waals surface area contributed by atoms with Gasteiger partial charge in [-0.3, -0.25) is 9.59 Å². The summed E-state index contributed by atoms with van der Waals surface area (Å²) >= 11 is 0. The third-order valence-electron chi connectivity index (χ3n) is 4.38. The van der Waals surface area contributed by atoms with Crippen LogP contribution in [0.3, 0.4) is 0 Å². The third-order valence-corrected chi connectivity index (χ3v) is 4.38. The summed E-state index contributed by atoms with van der Waals surface area (Å²) in [6, 6.07) is 1.96. The molecule has 2 atom stereocenters. The molecule has 0 aromatic heterocycles. The fourth-order valence-corrected chi connectivity index (χ4v) is 2.99. The van der Waals surface area contributed by atoms with Crippen molar-refractivity contribution in [2.75, 3.05) is 6.54 Å². The van der Waals surface area contributed by atoms with Gasteiger partial charge in [-0.05, 0) is 37.3 Å². The number of carbonyl (C=O) groups excluding carboxylic acids is 3. The first kappa shape index (κ1) is 19.0. The summed E-state index contributed by atoms with van der Waals surface area (Å²) in [5.41, 5.74) is -0.290. The predicted octanol–water partition coefficient (Wildman–Crippen LogP) is 2.35. The second kappa shape index (κ2) is 9.25. The zero-order valence-electron chi connectivity index (χ0n) is 13.9. The van der Waals surface area contributed by atoms with E-state index < -0.39 is 23.6 Å². The zero-order valence-corrected chi connectivity index (χ0v) is 13.9. The normalized spacial score (nSPS) is 18.3. The quantitative estimate of drug-likeness (QED) is 0.557. The summed E-state index contributed by atoms with van der Waals surface area (Å²) in [7, 11) is 0. The minimum atomic E-state index is -0.960. The molecule has 0 radical (unpaired) electrons. The van der Waals surface area contributed by atoms with Crippen LogP contribution in [0, 0.1) is 17.6 Å². The molecule has 1 heterocycles. The van der Waals surface area contributed by atoms with E-state index >= 15 is 0 Å². The molecule has 7 heteroatoms. The summed E-state index contributed by atoms with van der Waals surface area (Å²) in [5.74, 6) is -2.02. The predicted molar refractivity (Wildman–Crippen MR) is 87.9 cm³/mol. The highest BCUT2D eigenvalue weighted by atomic mass is 19.1. The van der Waals surface area contributed by atoms with Gasteiger partial charge in [-0.2, -0.15) is 0 Å². The maximum absolute atomic E-state index is 13.6. The van der Waals surface area contributed by atoms with Crippen molar-refractivity contribution in [3.8, 4) is 0 Å². The van der Waals surface area contributed by atoms with Gasteiger partial charge in [0.25, 0.3) is 5.91 Å². The molecule has 2 rings (SSSR count). The molecule has 0 saturated carbocycles. The van der Waals surface area contributed by atoms with E-state index in [4.69, 9.17) is 0 Å².